The van der Waals surface area contributed by atoms with Crippen LogP contribution in [0, 0.1) is 19.8 Å². The van der Waals surface area contributed by atoms with Crippen LogP contribution in [0.3, 0.4) is 0 Å². The van der Waals surface area contributed by atoms with E-state index in [-0.39, 0.29) is 0 Å². The van der Waals surface area contributed by atoms with Crippen molar-refractivity contribution in [3.8, 4) is 0 Å². The fourth-order valence-electron chi connectivity index (χ4n) is 1.51. The summed E-state index contributed by atoms with van der Waals surface area (Å²) in [6, 6.07) is 0. The summed E-state index contributed by atoms with van der Waals surface area (Å²) in [4.78, 5) is 10.3. The highest BCUT2D eigenvalue weighted by Gasteiger charge is 2.05. The van der Waals surface area contributed by atoms with E-state index in [1.54, 1.807) is 11.3 Å². The Balaban J connectivity index is 2.61. The minimum atomic E-state index is 0.612. The number of rotatable bonds is 5. The highest BCUT2D eigenvalue weighted by molar-refractivity contribution is 7.11. The lowest BCUT2D eigenvalue weighted by atomic mass is 10.2. The van der Waals surface area contributed by atoms with Crippen molar-refractivity contribution in [3.63, 3.8) is 0 Å². The van der Waals surface area contributed by atoms with Crippen LogP contribution in [0.2, 0.25) is 0 Å². The molecule has 2 N–H and O–H groups in total. The van der Waals surface area contributed by atoms with Crippen LogP contribution in [-0.2, 0) is 6.54 Å². The van der Waals surface area contributed by atoms with Gasteiger partial charge in [-0.3, -0.25) is 0 Å². The zero-order chi connectivity index (χ0) is 13.5. The van der Waals surface area contributed by atoms with Gasteiger partial charge in [-0.1, -0.05) is 13.8 Å². The normalized spacial score (nSPS) is 12.0. The van der Waals surface area contributed by atoms with E-state index in [9.17, 15) is 0 Å². The number of hydrogen-bond acceptors (Lipinski definition) is 3. The van der Waals surface area contributed by atoms with E-state index in [4.69, 9.17) is 0 Å². The zero-order valence-electron chi connectivity index (χ0n) is 12.0. The van der Waals surface area contributed by atoms with Crippen molar-refractivity contribution in [1.29, 1.82) is 0 Å². The van der Waals surface area contributed by atoms with Gasteiger partial charge in [-0.15, -0.1) is 11.3 Å². The van der Waals surface area contributed by atoms with E-state index in [0.717, 1.165) is 29.8 Å². The quantitative estimate of drug-likeness (QED) is 0.637. The van der Waals surface area contributed by atoms with Crippen molar-refractivity contribution in [3.05, 3.63) is 15.6 Å². The molecule has 4 nitrogen and oxygen atoms in total. The van der Waals surface area contributed by atoms with Crippen LogP contribution in [-0.4, -0.2) is 24.0 Å². The number of hydrogen-bond donors (Lipinski definition) is 2. The van der Waals surface area contributed by atoms with E-state index >= 15 is 0 Å². The predicted molar refractivity (Wildman–Crippen MR) is 79.2 cm³/mol. The molecule has 1 heterocycles. The first-order chi connectivity index (χ1) is 8.52. The second kappa shape index (κ2) is 7.36. The van der Waals surface area contributed by atoms with E-state index in [1.807, 2.05) is 13.8 Å². The van der Waals surface area contributed by atoms with Gasteiger partial charge in [0.05, 0.1) is 17.2 Å². The first-order valence-corrected chi connectivity index (χ1v) is 7.29. The lowest BCUT2D eigenvalue weighted by molar-refractivity contribution is 0.615. The molecular weight excluding hydrogens is 244 g/mol. The number of guanidine groups is 1. The molecule has 5 heteroatoms. The van der Waals surface area contributed by atoms with Gasteiger partial charge in [0.2, 0.25) is 0 Å². The summed E-state index contributed by atoms with van der Waals surface area (Å²) in [5.74, 6) is 1.50. The third-order valence-corrected chi connectivity index (χ3v) is 3.46. The van der Waals surface area contributed by atoms with Crippen molar-refractivity contribution < 1.29 is 0 Å². The summed E-state index contributed by atoms with van der Waals surface area (Å²) in [5, 5.41) is 7.71. The topological polar surface area (TPSA) is 49.3 Å². The number of nitrogens with zero attached hydrogens (tertiary/aromatic N) is 2. The maximum absolute atomic E-state index is 4.59. The Hall–Kier alpha value is -1.10. The third-order valence-electron chi connectivity index (χ3n) is 2.40. The van der Waals surface area contributed by atoms with Crippen molar-refractivity contribution >= 4 is 17.3 Å². The van der Waals surface area contributed by atoms with Crippen LogP contribution in [0.5, 0.6) is 0 Å². The molecule has 0 saturated carbocycles. The van der Waals surface area contributed by atoms with Crippen molar-refractivity contribution in [2.24, 2.45) is 10.9 Å². The Morgan fingerprint density at radius 3 is 2.56 bits per heavy atom. The first kappa shape index (κ1) is 15.0. The molecular formula is C13H24N4S. The number of aromatic nitrogens is 1. The summed E-state index contributed by atoms with van der Waals surface area (Å²) in [6.07, 6.45) is 0. The lowest BCUT2D eigenvalue weighted by Gasteiger charge is -2.12. The smallest absolute Gasteiger partial charge is 0.191 e. The predicted octanol–water partition coefficient (Wildman–Crippen LogP) is 2.47. The first-order valence-electron chi connectivity index (χ1n) is 6.48. The maximum Gasteiger partial charge on any atom is 0.191 e. The molecule has 0 aliphatic rings. The largest absolute Gasteiger partial charge is 0.357 e. The van der Waals surface area contributed by atoms with Crippen LogP contribution < -0.4 is 10.6 Å². The molecule has 0 fully saturated rings. The Morgan fingerprint density at radius 1 is 1.33 bits per heavy atom. The van der Waals surface area contributed by atoms with Gasteiger partial charge in [-0.05, 0) is 26.7 Å². The standard InChI is InChI=1S/C13H24N4S/c1-6-14-13(15-7-9(2)3)16-8-12-10(4)17-11(5)18-12/h9H,6-8H2,1-5H3,(H2,14,15,16). The summed E-state index contributed by atoms with van der Waals surface area (Å²) >= 11 is 1.73. The molecule has 0 unspecified atom stereocenters. The number of aryl methyl sites for hydroxylation is 2. The molecule has 18 heavy (non-hydrogen) atoms. The van der Waals surface area contributed by atoms with Crippen molar-refractivity contribution in [1.82, 2.24) is 15.6 Å². The highest BCUT2D eigenvalue weighted by Crippen LogP contribution is 2.17. The van der Waals surface area contributed by atoms with Crippen LogP contribution in [0.1, 0.15) is 36.3 Å². The molecule has 0 saturated heterocycles. The summed E-state index contributed by atoms with van der Waals surface area (Å²) < 4.78 is 0. The molecule has 0 aromatic carbocycles. The molecule has 0 radical (unpaired) electrons. The second-order valence-corrected chi connectivity index (χ2v) is 6.00. The lowest BCUT2D eigenvalue weighted by Crippen LogP contribution is -2.39. The molecule has 0 atom stereocenters. The average molecular weight is 268 g/mol. The SMILES string of the molecule is CCNC(=NCc1sc(C)nc1C)NCC(C)C. The van der Waals surface area contributed by atoms with Gasteiger partial charge < -0.3 is 10.6 Å². The Kier molecular flexibility index (Phi) is 6.12. The van der Waals surface area contributed by atoms with Crippen molar-refractivity contribution in [2.75, 3.05) is 13.1 Å². The van der Waals surface area contributed by atoms with Gasteiger partial charge in [-0.25, -0.2) is 9.98 Å². The van der Waals surface area contributed by atoms with Crippen LogP contribution in [0.25, 0.3) is 0 Å². The van der Waals surface area contributed by atoms with Gasteiger partial charge in [0.1, 0.15) is 0 Å². The van der Waals surface area contributed by atoms with E-state index in [1.165, 1.54) is 4.88 Å². The van der Waals surface area contributed by atoms with Gasteiger partial charge in [0.25, 0.3) is 0 Å². The molecule has 0 aliphatic heterocycles. The van der Waals surface area contributed by atoms with Crippen LogP contribution in [0.4, 0.5) is 0 Å². The second-order valence-electron chi connectivity index (χ2n) is 4.71. The molecule has 1 aromatic heterocycles. The molecule has 0 amide bonds. The minimum absolute atomic E-state index is 0.612. The average Bonchev–Trinajstić information content (AvgIpc) is 2.61. The summed E-state index contributed by atoms with van der Waals surface area (Å²) in [6.45, 7) is 13.0. The molecule has 1 rings (SSSR count). The van der Waals surface area contributed by atoms with E-state index in [0.29, 0.717) is 12.5 Å². The molecule has 0 spiro atoms. The highest BCUT2D eigenvalue weighted by atomic mass is 32.1. The van der Waals surface area contributed by atoms with E-state index < -0.39 is 0 Å². The van der Waals surface area contributed by atoms with Crippen LogP contribution >= 0.6 is 11.3 Å². The van der Waals surface area contributed by atoms with Gasteiger partial charge in [0, 0.05) is 18.0 Å². The maximum atomic E-state index is 4.59. The molecule has 0 bridgehead atoms. The van der Waals surface area contributed by atoms with Gasteiger partial charge >= 0.3 is 0 Å². The number of aliphatic imine (C=N–C) groups is 1. The van der Waals surface area contributed by atoms with Gasteiger partial charge in [-0.2, -0.15) is 0 Å². The number of thiazole rings is 1. The van der Waals surface area contributed by atoms with E-state index in [2.05, 4.69) is 41.4 Å². The summed E-state index contributed by atoms with van der Waals surface area (Å²) in [5.41, 5.74) is 1.10. The Morgan fingerprint density at radius 2 is 2.06 bits per heavy atom. The van der Waals surface area contributed by atoms with Crippen molar-refractivity contribution in [2.45, 2.75) is 41.2 Å². The molecule has 0 aliphatic carbocycles. The summed E-state index contributed by atoms with van der Waals surface area (Å²) in [7, 11) is 0. The monoisotopic (exact) mass is 268 g/mol. The molecule has 102 valence electrons. The fraction of sp³-hybridized carbons (Fsp3) is 0.692. The molecule has 1 aromatic rings. The Bertz CT molecular complexity index is 396. The third kappa shape index (κ3) is 5.04. The fourth-order valence-corrected chi connectivity index (χ4v) is 2.38. The zero-order valence-corrected chi connectivity index (χ0v) is 12.8. The Labute approximate surface area is 114 Å². The van der Waals surface area contributed by atoms with Gasteiger partial charge in [0.15, 0.2) is 5.96 Å². The minimum Gasteiger partial charge on any atom is -0.357 e. The van der Waals surface area contributed by atoms with Crippen LogP contribution in [0.15, 0.2) is 4.99 Å². The number of nitrogens with one attached hydrogen (secondary N) is 2.